The molecule has 1 unspecified atom stereocenters. The van der Waals surface area contributed by atoms with Gasteiger partial charge in [0.15, 0.2) is 5.69 Å². The van der Waals surface area contributed by atoms with Crippen LogP contribution < -0.4 is 0 Å². The van der Waals surface area contributed by atoms with Crippen LogP contribution in [-0.2, 0) is 0 Å². The molecule has 3 heterocycles. The molecule has 1 saturated heterocycles. The lowest BCUT2D eigenvalue weighted by atomic mass is 10.1. The Morgan fingerprint density at radius 1 is 1.12 bits per heavy atom. The maximum Gasteiger partial charge on any atom is 0.275 e. The Balaban J connectivity index is 1.37. The van der Waals surface area contributed by atoms with Gasteiger partial charge < -0.3 is 4.90 Å². The Morgan fingerprint density at radius 3 is 2.88 bits per heavy atom. The minimum absolute atomic E-state index is 0.0608. The van der Waals surface area contributed by atoms with E-state index in [-0.39, 0.29) is 11.9 Å². The van der Waals surface area contributed by atoms with Crippen LogP contribution in [0.25, 0.3) is 10.8 Å². The second kappa shape index (κ2) is 5.61. The van der Waals surface area contributed by atoms with Gasteiger partial charge in [0.2, 0.25) is 0 Å². The van der Waals surface area contributed by atoms with Crippen LogP contribution in [0.3, 0.4) is 0 Å². The molecular formula is C18H18N6O. The quantitative estimate of drug-likeness (QED) is 0.734. The first-order valence-electron chi connectivity index (χ1n) is 8.71. The van der Waals surface area contributed by atoms with Crippen molar-refractivity contribution < 1.29 is 4.79 Å². The maximum absolute atomic E-state index is 12.9. The van der Waals surface area contributed by atoms with Crippen LogP contribution in [0, 0.1) is 0 Å². The van der Waals surface area contributed by atoms with E-state index in [1.54, 1.807) is 6.20 Å². The number of hydrogen-bond acceptors (Lipinski definition) is 5. The first-order valence-corrected chi connectivity index (χ1v) is 8.71. The van der Waals surface area contributed by atoms with Gasteiger partial charge in [0.25, 0.3) is 5.91 Å². The zero-order valence-corrected chi connectivity index (χ0v) is 13.7. The molecule has 2 fully saturated rings. The number of rotatable bonds is 3. The number of carbonyl (C=O) groups is 1. The highest BCUT2D eigenvalue weighted by Gasteiger charge is 2.32. The summed E-state index contributed by atoms with van der Waals surface area (Å²) in [5.74, 6) is 0.535. The minimum Gasteiger partial charge on any atom is -0.335 e. The van der Waals surface area contributed by atoms with Crippen LogP contribution in [0.15, 0.2) is 36.7 Å². The lowest BCUT2D eigenvalue weighted by Gasteiger charge is -2.16. The molecular weight excluding hydrogens is 316 g/mol. The molecule has 7 nitrogen and oxygen atoms in total. The molecule has 126 valence electrons. The van der Waals surface area contributed by atoms with Crippen molar-refractivity contribution in [1.29, 1.82) is 0 Å². The predicted octanol–water partition coefficient (Wildman–Crippen LogP) is 2.19. The Kier molecular flexibility index (Phi) is 3.26. The Bertz CT molecular complexity index is 942. The first-order chi connectivity index (χ1) is 12.3. The fourth-order valence-corrected chi connectivity index (χ4v) is 3.51. The van der Waals surface area contributed by atoms with Crippen LogP contribution in [0.1, 0.15) is 47.4 Å². The number of likely N-dealkylation sites (tertiary alicyclic amines) is 1. The highest BCUT2D eigenvalue weighted by molar-refractivity contribution is 6.04. The average Bonchev–Trinajstić information content (AvgIpc) is 3.19. The number of fused-ring (bicyclic) bond motifs is 1. The maximum atomic E-state index is 12.9. The second-order valence-corrected chi connectivity index (χ2v) is 6.87. The van der Waals surface area contributed by atoms with E-state index in [0.29, 0.717) is 24.7 Å². The van der Waals surface area contributed by atoms with Gasteiger partial charge in [-0.15, -0.1) is 10.2 Å². The van der Waals surface area contributed by atoms with Crippen molar-refractivity contribution in [1.82, 2.24) is 30.1 Å². The SMILES string of the molecule is O=C(c1nncc2ccccc12)N1CCC(n2cc(C3CC3)nn2)C1. The van der Waals surface area contributed by atoms with Crippen LogP contribution >= 0.6 is 0 Å². The molecule has 0 bridgehead atoms. The van der Waals surface area contributed by atoms with E-state index >= 15 is 0 Å². The summed E-state index contributed by atoms with van der Waals surface area (Å²) in [4.78, 5) is 14.8. The van der Waals surface area contributed by atoms with Gasteiger partial charge in [0.05, 0.1) is 17.9 Å². The van der Waals surface area contributed by atoms with Crippen molar-refractivity contribution in [3.8, 4) is 0 Å². The predicted molar refractivity (Wildman–Crippen MR) is 91.1 cm³/mol. The molecule has 25 heavy (non-hydrogen) atoms. The molecule has 0 radical (unpaired) electrons. The normalized spacial score (nSPS) is 20.3. The summed E-state index contributed by atoms with van der Waals surface area (Å²) < 4.78 is 1.93. The fourth-order valence-electron chi connectivity index (χ4n) is 3.51. The third-order valence-corrected chi connectivity index (χ3v) is 5.12. The molecule has 3 aromatic rings. The molecule has 0 N–H and O–H groups in total. The summed E-state index contributed by atoms with van der Waals surface area (Å²) in [6.07, 6.45) is 7.06. The third kappa shape index (κ3) is 2.56. The van der Waals surface area contributed by atoms with Gasteiger partial charge in [-0.05, 0) is 19.3 Å². The molecule has 1 aliphatic heterocycles. The van der Waals surface area contributed by atoms with Gasteiger partial charge in [0.1, 0.15) is 0 Å². The van der Waals surface area contributed by atoms with Gasteiger partial charge in [-0.2, -0.15) is 5.10 Å². The summed E-state index contributed by atoms with van der Waals surface area (Å²) in [7, 11) is 0. The highest BCUT2D eigenvalue weighted by atomic mass is 16.2. The monoisotopic (exact) mass is 334 g/mol. The van der Waals surface area contributed by atoms with E-state index in [1.165, 1.54) is 12.8 Å². The lowest BCUT2D eigenvalue weighted by molar-refractivity contribution is 0.0782. The highest BCUT2D eigenvalue weighted by Crippen LogP contribution is 2.39. The fraction of sp³-hybridized carbons (Fsp3) is 0.389. The number of carbonyl (C=O) groups excluding carboxylic acids is 1. The summed E-state index contributed by atoms with van der Waals surface area (Å²) in [6, 6.07) is 7.91. The topological polar surface area (TPSA) is 76.8 Å². The summed E-state index contributed by atoms with van der Waals surface area (Å²) in [5, 5.41) is 18.4. The number of amides is 1. The Morgan fingerprint density at radius 2 is 2.00 bits per heavy atom. The van der Waals surface area contributed by atoms with Gasteiger partial charge in [-0.25, -0.2) is 4.68 Å². The van der Waals surface area contributed by atoms with Crippen molar-refractivity contribution >= 4 is 16.7 Å². The van der Waals surface area contributed by atoms with Gasteiger partial charge in [-0.3, -0.25) is 4.79 Å². The van der Waals surface area contributed by atoms with E-state index in [0.717, 1.165) is 22.9 Å². The average molecular weight is 334 g/mol. The Labute approximate surface area is 144 Å². The number of nitrogens with zero attached hydrogens (tertiary/aromatic N) is 6. The molecule has 2 aliphatic rings. The van der Waals surface area contributed by atoms with Crippen LogP contribution in [0.2, 0.25) is 0 Å². The molecule has 1 aliphatic carbocycles. The van der Waals surface area contributed by atoms with Crippen LogP contribution in [-0.4, -0.2) is 49.1 Å². The molecule has 7 heteroatoms. The number of aromatic nitrogens is 5. The number of benzene rings is 1. The Hall–Kier alpha value is -2.83. The van der Waals surface area contributed by atoms with Gasteiger partial charge >= 0.3 is 0 Å². The largest absolute Gasteiger partial charge is 0.335 e. The standard InChI is InChI=1S/C18H18N6O/c25-18(17-15-4-2-1-3-13(15)9-19-21-17)23-8-7-14(10-23)24-11-16(20-22-24)12-5-6-12/h1-4,9,11-12,14H,5-8,10H2. The van der Waals surface area contributed by atoms with Crippen molar-refractivity contribution in [2.24, 2.45) is 0 Å². The van der Waals surface area contributed by atoms with E-state index in [9.17, 15) is 4.79 Å². The zero-order chi connectivity index (χ0) is 16.8. The summed E-state index contributed by atoms with van der Waals surface area (Å²) in [5.41, 5.74) is 1.51. The third-order valence-electron chi connectivity index (χ3n) is 5.12. The smallest absolute Gasteiger partial charge is 0.275 e. The van der Waals surface area contributed by atoms with Crippen molar-refractivity contribution in [2.45, 2.75) is 31.2 Å². The molecule has 1 amide bonds. The van der Waals surface area contributed by atoms with Crippen LogP contribution in [0.5, 0.6) is 0 Å². The second-order valence-electron chi connectivity index (χ2n) is 6.87. The summed E-state index contributed by atoms with van der Waals surface area (Å²) >= 11 is 0. The van der Waals surface area contributed by atoms with E-state index in [4.69, 9.17) is 0 Å². The van der Waals surface area contributed by atoms with Crippen molar-refractivity contribution in [3.05, 3.63) is 48.0 Å². The first kappa shape index (κ1) is 14.5. The van der Waals surface area contributed by atoms with Gasteiger partial charge in [0, 0.05) is 36.0 Å². The summed E-state index contributed by atoms with van der Waals surface area (Å²) in [6.45, 7) is 1.34. The molecule has 1 aromatic carbocycles. The lowest BCUT2D eigenvalue weighted by Crippen LogP contribution is -2.30. The molecule has 1 atom stereocenters. The van der Waals surface area contributed by atoms with Gasteiger partial charge in [-0.1, -0.05) is 29.5 Å². The molecule has 5 rings (SSSR count). The molecule has 0 spiro atoms. The minimum atomic E-state index is -0.0608. The van der Waals surface area contributed by atoms with Crippen molar-refractivity contribution in [3.63, 3.8) is 0 Å². The van der Waals surface area contributed by atoms with Crippen LogP contribution in [0.4, 0.5) is 0 Å². The number of hydrogen-bond donors (Lipinski definition) is 0. The van der Waals surface area contributed by atoms with Crippen molar-refractivity contribution in [2.75, 3.05) is 13.1 Å². The molecule has 2 aromatic heterocycles. The molecule has 1 saturated carbocycles. The van der Waals surface area contributed by atoms with E-state index in [1.807, 2.05) is 40.0 Å². The van der Waals surface area contributed by atoms with E-state index in [2.05, 4.69) is 20.5 Å². The zero-order valence-electron chi connectivity index (χ0n) is 13.7. The van der Waals surface area contributed by atoms with E-state index < -0.39 is 0 Å².